The van der Waals surface area contributed by atoms with Crippen LogP contribution in [-0.2, 0) is 6.42 Å². The maximum atomic E-state index is 8.71. The lowest BCUT2D eigenvalue weighted by molar-refractivity contribution is 0.856. The van der Waals surface area contributed by atoms with E-state index in [2.05, 4.69) is 11.2 Å². The monoisotopic (exact) mass is 245 g/mol. The fourth-order valence-corrected chi connectivity index (χ4v) is 1.98. The van der Waals surface area contributed by atoms with Crippen molar-refractivity contribution in [3.05, 3.63) is 46.2 Å². The highest BCUT2D eigenvalue weighted by Gasteiger charge is 2.07. The highest BCUT2D eigenvalue weighted by atomic mass is 35.5. The second kappa shape index (κ2) is 4.60. The number of rotatable bonds is 2. The van der Waals surface area contributed by atoms with Crippen molar-refractivity contribution in [2.75, 3.05) is 0 Å². The first-order chi connectivity index (χ1) is 8.11. The zero-order valence-corrected chi connectivity index (χ0v) is 10.5. The van der Waals surface area contributed by atoms with Crippen molar-refractivity contribution in [3.8, 4) is 11.8 Å². The molecule has 2 aromatic rings. The Kier molecular flexibility index (Phi) is 3.16. The third-order valence-electron chi connectivity index (χ3n) is 2.68. The summed E-state index contributed by atoms with van der Waals surface area (Å²) < 4.78 is 1.80. The molecule has 0 radical (unpaired) electrons. The molecule has 17 heavy (non-hydrogen) atoms. The van der Waals surface area contributed by atoms with Gasteiger partial charge in [-0.3, -0.25) is 0 Å². The van der Waals surface area contributed by atoms with Crippen LogP contribution in [0.15, 0.2) is 24.4 Å². The second-order valence-corrected chi connectivity index (χ2v) is 4.39. The van der Waals surface area contributed by atoms with Gasteiger partial charge in [0.1, 0.15) is 0 Å². The van der Waals surface area contributed by atoms with Crippen LogP contribution in [0.3, 0.4) is 0 Å². The van der Waals surface area contributed by atoms with E-state index in [1.54, 1.807) is 4.68 Å². The molecule has 1 aromatic heterocycles. The molecule has 2 rings (SSSR count). The van der Waals surface area contributed by atoms with Crippen molar-refractivity contribution in [1.29, 1.82) is 5.26 Å². The van der Waals surface area contributed by atoms with Gasteiger partial charge in [-0.2, -0.15) is 10.4 Å². The Balaban J connectivity index is 2.47. The Morgan fingerprint density at radius 2 is 2.18 bits per heavy atom. The summed E-state index contributed by atoms with van der Waals surface area (Å²) in [6.07, 6.45) is 2.28. The van der Waals surface area contributed by atoms with Crippen molar-refractivity contribution in [3.63, 3.8) is 0 Å². The van der Waals surface area contributed by atoms with E-state index in [4.69, 9.17) is 16.9 Å². The number of aryl methyl sites for hydroxylation is 2. The molecule has 0 aliphatic carbocycles. The van der Waals surface area contributed by atoms with E-state index >= 15 is 0 Å². The highest BCUT2D eigenvalue weighted by molar-refractivity contribution is 6.30. The van der Waals surface area contributed by atoms with Crippen LogP contribution in [0.2, 0.25) is 5.02 Å². The predicted octanol–water partition coefficient (Wildman–Crippen LogP) is 3.21. The highest BCUT2D eigenvalue weighted by Crippen LogP contribution is 2.19. The van der Waals surface area contributed by atoms with E-state index in [0.29, 0.717) is 11.4 Å². The Hall–Kier alpha value is -1.79. The van der Waals surface area contributed by atoms with Crippen LogP contribution in [0.5, 0.6) is 0 Å². The average molecular weight is 246 g/mol. The lowest BCUT2D eigenvalue weighted by atomic mass is 10.2. The molecule has 0 saturated carbocycles. The fourth-order valence-electron chi connectivity index (χ4n) is 1.75. The molecule has 0 fully saturated rings. The summed E-state index contributed by atoms with van der Waals surface area (Å²) in [5.74, 6) is 0. The number of hydrogen-bond donors (Lipinski definition) is 0. The molecule has 0 unspecified atom stereocenters. The van der Waals surface area contributed by atoms with E-state index in [9.17, 15) is 0 Å². The molecule has 1 aromatic carbocycles. The smallest absolute Gasteiger partial charge is 0.0675 e. The molecule has 86 valence electrons. The Morgan fingerprint density at radius 1 is 1.41 bits per heavy atom. The van der Waals surface area contributed by atoms with Crippen LogP contribution in [0.4, 0.5) is 0 Å². The molecule has 0 saturated heterocycles. The zero-order valence-electron chi connectivity index (χ0n) is 9.74. The van der Waals surface area contributed by atoms with Gasteiger partial charge in [0.05, 0.1) is 23.9 Å². The molecule has 0 spiro atoms. The first kappa shape index (κ1) is 11.7. The minimum Gasteiger partial charge on any atom is -0.240 e. The molecule has 0 N–H and O–H groups in total. The van der Waals surface area contributed by atoms with Gasteiger partial charge in [0, 0.05) is 16.8 Å². The first-order valence-electron chi connectivity index (χ1n) is 5.30. The third-order valence-corrected chi connectivity index (χ3v) is 2.91. The first-order valence-corrected chi connectivity index (χ1v) is 5.68. The normalized spacial score (nSPS) is 10.2. The molecule has 0 bridgehead atoms. The molecule has 0 aliphatic heterocycles. The van der Waals surface area contributed by atoms with Gasteiger partial charge >= 0.3 is 0 Å². The molecule has 4 heteroatoms. The fraction of sp³-hybridized carbons (Fsp3) is 0.231. The number of hydrogen-bond acceptors (Lipinski definition) is 2. The van der Waals surface area contributed by atoms with Crippen LogP contribution in [0.1, 0.15) is 16.8 Å². The Labute approximate surface area is 105 Å². The van der Waals surface area contributed by atoms with E-state index < -0.39 is 0 Å². The molecule has 1 heterocycles. The van der Waals surface area contributed by atoms with Gasteiger partial charge in [-0.1, -0.05) is 11.6 Å². The van der Waals surface area contributed by atoms with Gasteiger partial charge in [0.2, 0.25) is 0 Å². The summed E-state index contributed by atoms with van der Waals surface area (Å²) in [6, 6.07) is 7.81. The molecule has 3 nitrogen and oxygen atoms in total. The van der Waals surface area contributed by atoms with Gasteiger partial charge < -0.3 is 0 Å². The van der Waals surface area contributed by atoms with Gasteiger partial charge in [-0.25, -0.2) is 4.68 Å². The van der Waals surface area contributed by atoms with Crippen LogP contribution in [0.25, 0.3) is 5.69 Å². The lowest BCUT2D eigenvalue weighted by Crippen LogP contribution is -1.97. The molecule has 0 amide bonds. The van der Waals surface area contributed by atoms with E-state index in [0.717, 1.165) is 22.5 Å². The summed E-state index contributed by atoms with van der Waals surface area (Å²) in [5.41, 5.74) is 3.90. The quantitative estimate of drug-likeness (QED) is 0.815. The Bertz CT molecular complexity index is 593. The van der Waals surface area contributed by atoms with E-state index in [1.807, 2.05) is 38.2 Å². The molecule has 0 atom stereocenters. The summed E-state index contributed by atoms with van der Waals surface area (Å²) in [6.45, 7) is 3.90. The minimum absolute atomic E-state index is 0.387. The second-order valence-electron chi connectivity index (χ2n) is 3.95. The molecule has 0 aliphatic rings. The van der Waals surface area contributed by atoms with E-state index in [-0.39, 0.29) is 0 Å². The largest absolute Gasteiger partial charge is 0.240 e. The van der Waals surface area contributed by atoms with Crippen molar-refractivity contribution < 1.29 is 0 Å². The van der Waals surface area contributed by atoms with Crippen molar-refractivity contribution in [2.24, 2.45) is 0 Å². The summed E-state index contributed by atoms with van der Waals surface area (Å²) in [7, 11) is 0. The van der Waals surface area contributed by atoms with E-state index in [1.165, 1.54) is 0 Å². The number of aromatic nitrogens is 2. The summed E-state index contributed by atoms with van der Waals surface area (Å²) in [5, 5.41) is 13.8. The van der Waals surface area contributed by atoms with Gasteiger partial charge in [-0.15, -0.1) is 0 Å². The number of nitrogens with zero attached hydrogens (tertiary/aromatic N) is 3. The van der Waals surface area contributed by atoms with Gasteiger partial charge in [0.15, 0.2) is 0 Å². The van der Waals surface area contributed by atoms with Gasteiger partial charge in [-0.05, 0) is 37.6 Å². The number of halogens is 1. The van der Waals surface area contributed by atoms with Crippen molar-refractivity contribution >= 4 is 11.6 Å². The van der Waals surface area contributed by atoms with Crippen LogP contribution >= 0.6 is 11.6 Å². The maximum Gasteiger partial charge on any atom is 0.0675 e. The average Bonchev–Trinajstić information content (AvgIpc) is 2.60. The number of nitriles is 1. The van der Waals surface area contributed by atoms with Crippen molar-refractivity contribution in [2.45, 2.75) is 20.3 Å². The zero-order chi connectivity index (χ0) is 12.4. The minimum atomic E-state index is 0.387. The van der Waals surface area contributed by atoms with Gasteiger partial charge in [0.25, 0.3) is 0 Å². The topological polar surface area (TPSA) is 41.6 Å². The Morgan fingerprint density at radius 3 is 2.82 bits per heavy atom. The maximum absolute atomic E-state index is 8.71. The van der Waals surface area contributed by atoms with Crippen LogP contribution < -0.4 is 0 Å². The SMILES string of the molecule is Cc1cc(Cl)ccc1-n1cc(CC#N)c(C)n1. The third kappa shape index (κ3) is 2.32. The van der Waals surface area contributed by atoms with Crippen LogP contribution in [-0.4, -0.2) is 9.78 Å². The lowest BCUT2D eigenvalue weighted by Gasteiger charge is -2.05. The molecular weight excluding hydrogens is 234 g/mol. The summed E-state index contributed by atoms with van der Waals surface area (Å²) >= 11 is 5.92. The summed E-state index contributed by atoms with van der Waals surface area (Å²) in [4.78, 5) is 0. The van der Waals surface area contributed by atoms with Crippen molar-refractivity contribution in [1.82, 2.24) is 9.78 Å². The predicted molar refractivity (Wildman–Crippen MR) is 67.4 cm³/mol. The number of benzene rings is 1. The van der Waals surface area contributed by atoms with Crippen LogP contribution in [0, 0.1) is 25.2 Å². The molecular formula is C13H12ClN3. The standard InChI is InChI=1S/C13H12ClN3/c1-9-7-12(14)3-4-13(9)17-8-11(5-6-15)10(2)16-17/h3-4,7-8H,5H2,1-2H3.